The summed E-state index contributed by atoms with van der Waals surface area (Å²) < 4.78 is 1.09. The highest BCUT2D eigenvalue weighted by Gasteiger charge is 1.99. The molecule has 0 aliphatic rings. The highest BCUT2D eigenvalue weighted by Crippen LogP contribution is 2.28. The van der Waals surface area contributed by atoms with Gasteiger partial charge in [-0.15, -0.1) is 11.3 Å². The van der Waals surface area contributed by atoms with Gasteiger partial charge < -0.3 is 5.32 Å². The summed E-state index contributed by atoms with van der Waals surface area (Å²) in [7, 11) is 1.96. The van der Waals surface area contributed by atoms with Crippen molar-refractivity contribution < 1.29 is 0 Å². The molecule has 0 fully saturated rings. The first kappa shape index (κ1) is 10.7. The lowest BCUT2D eigenvalue weighted by atomic mass is 10.2. The summed E-state index contributed by atoms with van der Waals surface area (Å²) in [5.41, 5.74) is 1.31. The normalized spacial score (nSPS) is 10.5. The topological polar surface area (TPSA) is 24.9 Å². The summed E-state index contributed by atoms with van der Waals surface area (Å²) in [5, 5.41) is 5.13. The Morgan fingerprint density at radius 1 is 1.33 bits per heavy atom. The second-order valence-electron chi connectivity index (χ2n) is 3.07. The van der Waals surface area contributed by atoms with E-state index in [0.717, 1.165) is 10.9 Å². The van der Waals surface area contributed by atoms with Crippen molar-refractivity contribution in [3.63, 3.8) is 0 Å². The third-order valence-electron chi connectivity index (χ3n) is 1.92. The van der Waals surface area contributed by atoms with Crippen molar-refractivity contribution >= 4 is 23.1 Å². The van der Waals surface area contributed by atoms with Crippen LogP contribution in [-0.2, 0) is 6.54 Å². The Kier molecular flexibility index (Phi) is 3.77. The maximum absolute atomic E-state index is 4.24. The quantitative estimate of drug-likeness (QED) is 0.883. The van der Waals surface area contributed by atoms with Crippen molar-refractivity contribution in [1.29, 1.82) is 0 Å². The molecular weight excluding hydrogens is 224 g/mol. The van der Waals surface area contributed by atoms with Crippen LogP contribution in [0.2, 0.25) is 0 Å². The molecule has 1 heterocycles. The van der Waals surface area contributed by atoms with Gasteiger partial charge in [0.05, 0.1) is 0 Å². The molecule has 1 aromatic heterocycles. The maximum Gasteiger partial charge on any atom is 0.154 e. The van der Waals surface area contributed by atoms with Crippen molar-refractivity contribution in [2.45, 2.75) is 15.8 Å². The maximum atomic E-state index is 4.24. The molecule has 0 bridgehead atoms. The summed E-state index contributed by atoms with van der Waals surface area (Å²) >= 11 is 3.38. The zero-order chi connectivity index (χ0) is 10.5. The number of benzene rings is 1. The van der Waals surface area contributed by atoms with E-state index < -0.39 is 0 Å². The van der Waals surface area contributed by atoms with Crippen molar-refractivity contribution in [3.05, 3.63) is 41.4 Å². The number of nitrogens with one attached hydrogen (secondary N) is 1. The first-order valence-electron chi connectivity index (χ1n) is 4.69. The van der Waals surface area contributed by atoms with E-state index in [1.165, 1.54) is 10.5 Å². The Labute approximate surface area is 97.8 Å². The van der Waals surface area contributed by atoms with Crippen LogP contribution in [0, 0.1) is 0 Å². The molecular formula is C11H12N2S2. The molecule has 0 radical (unpaired) electrons. The van der Waals surface area contributed by atoms with Gasteiger partial charge in [0.15, 0.2) is 4.34 Å². The predicted molar refractivity (Wildman–Crippen MR) is 65.4 cm³/mol. The van der Waals surface area contributed by atoms with Gasteiger partial charge in [-0.05, 0) is 24.7 Å². The molecule has 0 aliphatic carbocycles. The molecule has 0 atom stereocenters. The van der Waals surface area contributed by atoms with Gasteiger partial charge in [0.25, 0.3) is 0 Å². The lowest BCUT2D eigenvalue weighted by molar-refractivity contribution is 0.817. The SMILES string of the molecule is CNCc1ccc(Sc2nccs2)cc1. The van der Waals surface area contributed by atoms with Crippen molar-refractivity contribution in [3.8, 4) is 0 Å². The summed E-state index contributed by atoms with van der Waals surface area (Å²) in [6, 6.07) is 8.57. The van der Waals surface area contributed by atoms with E-state index in [-0.39, 0.29) is 0 Å². The molecule has 15 heavy (non-hydrogen) atoms. The summed E-state index contributed by atoms with van der Waals surface area (Å²) in [6.45, 7) is 0.919. The van der Waals surface area contributed by atoms with E-state index in [1.54, 1.807) is 23.1 Å². The molecule has 0 unspecified atom stereocenters. The molecule has 2 nitrogen and oxygen atoms in total. The number of hydrogen-bond donors (Lipinski definition) is 1. The van der Waals surface area contributed by atoms with E-state index in [4.69, 9.17) is 0 Å². The van der Waals surface area contributed by atoms with Crippen molar-refractivity contribution in [1.82, 2.24) is 10.3 Å². The molecule has 4 heteroatoms. The van der Waals surface area contributed by atoms with E-state index in [2.05, 4.69) is 34.6 Å². The second-order valence-corrected chi connectivity index (χ2v) is 5.29. The Balaban J connectivity index is 2.04. The third kappa shape index (κ3) is 3.06. The standard InChI is InChI=1S/C11H12N2S2/c1-12-8-9-2-4-10(5-3-9)15-11-13-6-7-14-11/h2-7,12H,8H2,1H3. The van der Waals surface area contributed by atoms with E-state index in [9.17, 15) is 0 Å². The summed E-state index contributed by atoms with van der Waals surface area (Å²) in [6.07, 6.45) is 1.84. The van der Waals surface area contributed by atoms with Crippen LogP contribution in [0.5, 0.6) is 0 Å². The molecule has 0 spiro atoms. The number of thiazole rings is 1. The average molecular weight is 236 g/mol. The number of nitrogens with zero attached hydrogens (tertiary/aromatic N) is 1. The minimum Gasteiger partial charge on any atom is -0.316 e. The highest BCUT2D eigenvalue weighted by molar-refractivity contribution is 8.01. The molecule has 2 aromatic rings. The third-order valence-corrected chi connectivity index (χ3v) is 3.81. The van der Waals surface area contributed by atoms with Crippen LogP contribution in [0.3, 0.4) is 0 Å². The average Bonchev–Trinajstić information content (AvgIpc) is 2.74. The molecule has 0 aliphatic heterocycles. The van der Waals surface area contributed by atoms with Crippen LogP contribution in [0.1, 0.15) is 5.56 Å². The van der Waals surface area contributed by atoms with Gasteiger partial charge in [0, 0.05) is 23.0 Å². The van der Waals surface area contributed by atoms with Crippen LogP contribution < -0.4 is 5.32 Å². The molecule has 1 N–H and O–H groups in total. The monoisotopic (exact) mass is 236 g/mol. The van der Waals surface area contributed by atoms with Gasteiger partial charge >= 0.3 is 0 Å². The van der Waals surface area contributed by atoms with Crippen molar-refractivity contribution in [2.75, 3.05) is 7.05 Å². The molecule has 1 aromatic carbocycles. The number of rotatable bonds is 4. The fraction of sp³-hybridized carbons (Fsp3) is 0.182. The lowest BCUT2D eigenvalue weighted by Gasteiger charge is -2.01. The lowest BCUT2D eigenvalue weighted by Crippen LogP contribution is -2.04. The van der Waals surface area contributed by atoms with Crippen molar-refractivity contribution in [2.24, 2.45) is 0 Å². The Bertz CT molecular complexity index is 395. The summed E-state index contributed by atoms with van der Waals surface area (Å²) in [5.74, 6) is 0. The van der Waals surface area contributed by atoms with Gasteiger partial charge in [0.2, 0.25) is 0 Å². The van der Waals surface area contributed by atoms with Gasteiger partial charge in [-0.2, -0.15) is 0 Å². The molecule has 2 rings (SSSR count). The first-order chi connectivity index (χ1) is 7.38. The van der Waals surface area contributed by atoms with Crippen LogP contribution in [0.25, 0.3) is 0 Å². The van der Waals surface area contributed by atoms with E-state index in [0.29, 0.717) is 0 Å². The molecule has 78 valence electrons. The summed E-state index contributed by atoms with van der Waals surface area (Å²) in [4.78, 5) is 5.48. The zero-order valence-electron chi connectivity index (χ0n) is 8.43. The van der Waals surface area contributed by atoms with Gasteiger partial charge in [-0.3, -0.25) is 0 Å². The smallest absolute Gasteiger partial charge is 0.154 e. The predicted octanol–water partition coefficient (Wildman–Crippen LogP) is 3.01. The van der Waals surface area contributed by atoms with Gasteiger partial charge in [-0.1, -0.05) is 23.9 Å². The minimum atomic E-state index is 0.919. The second kappa shape index (κ2) is 5.30. The van der Waals surface area contributed by atoms with Crippen LogP contribution in [-0.4, -0.2) is 12.0 Å². The number of aromatic nitrogens is 1. The fourth-order valence-electron chi connectivity index (χ4n) is 1.24. The van der Waals surface area contributed by atoms with Crippen LogP contribution >= 0.6 is 23.1 Å². The Hall–Kier alpha value is -0.840. The minimum absolute atomic E-state index is 0.919. The van der Waals surface area contributed by atoms with Gasteiger partial charge in [0.1, 0.15) is 0 Å². The van der Waals surface area contributed by atoms with E-state index >= 15 is 0 Å². The first-order valence-corrected chi connectivity index (χ1v) is 6.39. The fourth-order valence-corrected chi connectivity index (χ4v) is 2.84. The Morgan fingerprint density at radius 3 is 2.73 bits per heavy atom. The van der Waals surface area contributed by atoms with Crippen LogP contribution in [0.4, 0.5) is 0 Å². The highest BCUT2D eigenvalue weighted by atomic mass is 32.2. The van der Waals surface area contributed by atoms with E-state index in [1.807, 2.05) is 18.6 Å². The Morgan fingerprint density at radius 2 is 2.13 bits per heavy atom. The van der Waals surface area contributed by atoms with Crippen LogP contribution in [0.15, 0.2) is 45.1 Å². The zero-order valence-corrected chi connectivity index (χ0v) is 10.1. The number of hydrogen-bond acceptors (Lipinski definition) is 4. The van der Waals surface area contributed by atoms with Gasteiger partial charge in [-0.25, -0.2) is 4.98 Å². The molecule has 0 amide bonds. The molecule has 0 saturated heterocycles. The molecule has 0 saturated carbocycles. The largest absolute Gasteiger partial charge is 0.316 e.